The Morgan fingerprint density at radius 3 is 2.70 bits per heavy atom. The Morgan fingerprint density at radius 2 is 2.00 bits per heavy atom. The standard InChI is InChI=1S/C19H26N4O4/c1-22(2)18(26)16-12-11-23(9-6-14(12)20-21-16)17(25)13-10-15(24)27-19(13)7-4-3-5-8-19/h13H,3-11H2,1-2H3,(H,20,21). The van der Waals surface area contributed by atoms with Gasteiger partial charge >= 0.3 is 5.97 Å². The molecule has 0 aromatic carbocycles. The van der Waals surface area contributed by atoms with Crippen molar-refractivity contribution in [2.75, 3.05) is 20.6 Å². The van der Waals surface area contributed by atoms with Crippen LogP contribution in [0.25, 0.3) is 0 Å². The van der Waals surface area contributed by atoms with Gasteiger partial charge in [0.15, 0.2) is 5.69 Å². The summed E-state index contributed by atoms with van der Waals surface area (Å²) in [7, 11) is 3.37. The van der Waals surface area contributed by atoms with E-state index < -0.39 is 11.5 Å². The fraction of sp³-hybridized carbons (Fsp3) is 0.684. The third-order valence-electron chi connectivity index (χ3n) is 6.17. The molecule has 2 fully saturated rings. The van der Waals surface area contributed by atoms with Crippen LogP contribution in [-0.4, -0.2) is 64.0 Å². The van der Waals surface area contributed by atoms with Gasteiger partial charge in [0.1, 0.15) is 5.60 Å². The van der Waals surface area contributed by atoms with Crippen LogP contribution in [0.2, 0.25) is 0 Å². The topological polar surface area (TPSA) is 95.6 Å². The Hall–Kier alpha value is -2.38. The van der Waals surface area contributed by atoms with Gasteiger partial charge < -0.3 is 14.5 Å². The Balaban J connectivity index is 1.56. The summed E-state index contributed by atoms with van der Waals surface area (Å²) in [5, 5.41) is 7.11. The van der Waals surface area contributed by atoms with Crippen molar-refractivity contribution in [1.29, 1.82) is 0 Å². The second-order valence-corrected chi connectivity index (χ2v) is 8.09. The van der Waals surface area contributed by atoms with E-state index in [1.54, 1.807) is 19.0 Å². The number of aromatic nitrogens is 2. The van der Waals surface area contributed by atoms with E-state index in [0.717, 1.165) is 43.4 Å². The van der Waals surface area contributed by atoms with E-state index >= 15 is 0 Å². The number of fused-ring (bicyclic) bond motifs is 1. The molecule has 1 saturated carbocycles. The van der Waals surface area contributed by atoms with Crippen molar-refractivity contribution in [2.24, 2.45) is 5.92 Å². The lowest BCUT2D eigenvalue weighted by atomic mass is 9.75. The first-order valence-corrected chi connectivity index (χ1v) is 9.70. The zero-order valence-corrected chi connectivity index (χ0v) is 15.9. The maximum Gasteiger partial charge on any atom is 0.307 e. The molecule has 1 aliphatic carbocycles. The third kappa shape index (κ3) is 3.00. The summed E-state index contributed by atoms with van der Waals surface area (Å²) in [5.74, 6) is -0.880. The predicted octanol–water partition coefficient (Wildman–Crippen LogP) is 1.26. The van der Waals surface area contributed by atoms with E-state index in [-0.39, 0.29) is 24.2 Å². The second kappa shape index (κ2) is 6.65. The number of rotatable bonds is 2. The van der Waals surface area contributed by atoms with Crippen LogP contribution in [-0.2, 0) is 27.3 Å². The van der Waals surface area contributed by atoms with Crippen molar-refractivity contribution in [1.82, 2.24) is 20.0 Å². The van der Waals surface area contributed by atoms with Crippen molar-refractivity contribution >= 4 is 17.8 Å². The lowest BCUT2D eigenvalue weighted by Gasteiger charge is -2.38. The summed E-state index contributed by atoms with van der Waals surface area (Å²) < 4.78 is 5.70. The van der Waals surface area contributed by atoms with Crippen LogP contribution >= 0.6 is 0 Å². The molecule has 1 N–H and O–H groups in total. The van der Waals surface area contributed by atoms with Crippen LogP contribution in [0.1, 0.15) is 60.3 Å². The Bertz CT molecular complexity index is 779. The largest absolute Gasteiger partial charge is 0.458 e. The van der Waals surface area contributed by atoms with Gasteiger partial charge in [-0.15, -0.1) is 0 Å². The Kier molecular flexibility index (Phi) is 4.44. The highest BCUT2D eigenvalue weighted by Gasteiger charge is 2.54. The molecular formula is C19H26N4O4. The van der Waals surface area contributed by atoms with Gasteiger partial charge in [-0.3, -0.25) is 19.5 Å². The summed E-state index contributed by atoms with van der Waals surface area (Å²) in [6.45, 7) is 0.907. The van der Waals surface area contributed by atoms with Crippen molar-refractivity contribution in [3.05, 3.63) is 17.0 Å². The van der Waals surface area contributed by atoms with E-state index in [9.17, 15) is 14.4 Å². The smallest absolute Gasteiger partial charge is 0.307 e. The molecule has 8 heteroatoms. The highest BCUT2D eigenvalue weighted by Crippen LogP contribution is 2.45. The number of carbonyl (C=O) groups is 3. The minimum Gasteiger partial charge on any atom is -0.458 e. The Labute approximate surface area is 158 Å². The SMILES string of the molecule is CN(C)C(=O)c1n[nH]c2c1CN(C(=O)C1CC(=O)OC13CCCCC3)CC2. The molecule has 2 aliphatic heterocycles. The molecule has 146 valence electrons. The van der Waals surface area contributed by atoms with Gasteiger partial charge in [-0.2, -0.15) is 5.10 Å². The summed E-state index contributed by atoms with van der Waals surface area (Å²) in [5.41, 5.74) is 1.45. The first-order chi connectivity index (χ1) is 12.9. The number of aromatic amines is 1. The molecule has 3 heterocycles. The van der Waals surface area contributed by atoms with Crippen LogP contribution in [0.4, 0.5) is 0 Å². The van der Waals surface area contributed by atoms with E-state index in [0.29, 0.717) is 25.2 Å². The minimum atomic E-state index is -0.620. The number of hydrogen-bond acceptors (Lipinski definition) is 5. The van der Waals surface area contributed by atoms with E-state index in [4.69, 9.17) is 4.74 Å². The first kappa shape index (κ1) is 18.0. The number of ether oxygens (including phenoxy) is 1. The van der Waals surface area contributed by atoms with Crippen LogP contribution in [0.5, 0.6) is 0 Å². The molecule has 0 radical (unpaired) electrons. The molecule has 4 rings (SSSR count). The van der Waals surface area contributed by atoms with E-state index in [1.165, 1.54) is 4.90 Å². The molecule has 8 nitrogen and oxygen atoms in total. The van der Waals surface area contributed by atoms with Crippen molar-refractivity contribution in [2.45, 2.75) is 57.1 Å². The van der Waals surface area contributed by atoms with Crippen LogP contribution in [0.15, 0.2) is 0 Å². The van der Waals surface area contributed by atoms with Gasteiger partial charge in [0.2, 0.25) is 5.91 Å². The highest BCUT2D eigenvalue weighted by molar-refractivity contribution is 5.94. The van der Waals surface area contributed by atoms with E-state index in [2.05, 4.69) is 10.2 Å². The summed E-state index contributed by atoms with van der Waals surface area (Å²) in [6, 6.07) is 0. The molecule has 1 aromatic rings. The number of esters is 1. The summed E-state index contributed by atoms with van der Waals surface area (Å²) >= 11 is 0. The average Bonchev–Trinajstić information content (AvgIpc) is 3.21. The highest BCUT2D eigenvalue weighted by atomic mass is 16.6. The van der Waals surface area contributed by atoms with Gasteiger partial charge in [-0.1, -0.05) is 6.42 Å². The molecule has 1 unspecified atom stereocenters. The first-order valence-electron chi connectivity index (χ1n) is 9.70. The minimum absolute atomic E-state index is 0.0298. The number of amides is 2. The van der Waals surface area contributed by atoms with Gasteiger partial charge in [-0.25, -0.2) is 0 Å². The Morgan fingerprint density at radius 1 is 1.26 bits per heavy atom. The fourth-order valence-electron chi connectivity index (χ4n) is 4.70. The van der Waals surface area contributed by atoms with Gasteiger partial charge in [0.25, 0.3) is 5.91 Å². The lowest BCUT2D eigenvalue weighted by Crippen LogP contribution is -2.48. The monoisotopic (exact) mass is 374 g/mol. The maximum atomic E-state index is 13.3. The summed E-state index contributed by atoms with van der Waals surface area (Å²) in [6.07, 6.45) is 5.43. The zero-order valence-electron chi connectivity index (χ0n) is 15.9. The van der Waals surface area contributed by atoms with Crippen LogP contribution in [0.3, 0.4) is 0 Å². The number of hydrogen-bond donors (Lipinski definition) is 1. The predicted molar refractivity (Wildman–Crippen MR) is 95.7 cm³/mol. The number of nitrogens with zero attached hydrogens (tertiary/aromatic N) is 3. The summed E-state index contributed by atoms with van der Waals surface area (Å²) in [4.78, 5) is 41.0. The van der Waals surface area contributed by atoms with Gasteiger partial charge in [-0.05, 0) is 25.7 Å². The second-order valence-electron chi connectivity index (χ2n) is 8.09. The quantitative estimate of drug-likeness (QED) is 0.787. The zero-order chi connectivity index (χ0) is 19.2. The van der Waals surface area contributed by atoms with Gasteiger partial charge in [0.05, 0.1) is 12.3 Å². The fourth-order valence-corrected chi connectivity index (χ4v) is 4.70. The normalized spacial score (nSPS) is 23.9. The molecule has 0 bridgehead atoms. The molecule has 3 aliphatic rings. The number of H-pyrrole nitrogens is 1. The van der Waals surface area contributed by atoms with Crippen molar-refractivity contribution in [3.8, 4) is 0 Å². The van der Waals surface area contributed by atoms with E-state index in [1.807, 2.05) is 0 Å². The molecule has 27 heavy (non-hydrogen) atoms. The third-order valence-corrected chi connectivity index (χ3v) is 6.17. The molecule has 1 saturated heterocycles. The molecule has 1 atom stereocenters. The molecular weight excluding hydrogens is 348 g/mol. The average molecular weight is 374 g/mol. The number of nitrogens with one attached hydrogen (secondary N) is 1. The van der Waals surface area contributed by atoms with Crippen LogP contribution < -0.4 is 0 Å². The molecule has 1 aromatic heterocycles. The van der Waals surface area contributed by atoms with Crippen LogP contribution in [0, 0.1) is 5.92 Å². The lowest BCUT2D eigenvalue weighted by molar-refractivity contribution is -0.156. The molecule has 1 spiro atoms. The van der Waals surface area contributed by atoms with Crippen molar-refractivity contribution in [3.63, 3.8) is 0 Å². The molecule has 2 amide bonds. The van der Waals surface area contributed by atoms with Crippen molar-refractivity contribution < 1.29 is 19.1 Å². The number of carbonyl (C=O) groups excluding carboxylic acids is 3. The van der Waals surface area contributed by atoms with Gasteiger partial charge in [0, 0.05) is 44.9 Å². The maximum absolute atomic E-state index is 13.3.